The predicted molar refractivity (Wildman–Crippen MR) is 80.3 cm³/mol. The van der Waals surface area contributed by atoms with Crippen LogP contribution in [-0.2, 0) is 6.54 Å². The molecule has 1 heterocycles. The van der Waals surface area contributed by atoms with Crippen LogP contribution in [0.1, 0.15) is 25.0 Å². The molecule has 0 bridgehead atoms. The fraction of sp³-hybridized carbons (Fsp3) is 0.312. The van der Waals surface area contributed by atoms with Gasteiger partial charge in [0, 0.05) is 12.0 Å². The third kappa shape index (κ3) is 4.12. The summed E-state index contributed by atoms with van der Waals surface area (Å²) in [4.78, 5) is 0. The average molecular weight is 289 g/mol. The third-order valence-electron chi connectivity index (χ3n) is 2.99. The van der Waals surface area contributed by atoms with Crippen molar-refractivity contribution in [2.75, 3.05) is 6.54 Å². The Labute approximate surface area is 124 Å². The van der Waals surface area contributed by atoms with Gasteiger partial charge in [0.15, 0.2) is 0 Å². The Bertz CT molecular complexity index is 586. The van der Waals surface area contributed by atoms with Crippen LogP contribution in [0.2, 0.25) is 5.02 Å². The normalized spacial score (nSPS) is 10.4. The largest absolute Gasteiger partial charge is 0.460 e. The molecule has 0 aliphatic heterocycles. The lowest BCUT2D eigenvalue weighted by Crippen LogP contribution is -2.13. The van der Waals surface area contributed by atoms with Crippen molar-refractivity contribution in [3.8, 4) is 17.4 Å². The lowest BCUT2D eigenvalue weighted by molar-refractivity contribution is 0.489. The predicted octanol–water partition coefficient (Wildman–Crippen LogP) is 4.38. The maximum absolute atomic E-state index is 8.44. The zero-order chi connectivity index (χ0) is 14.2. The van der Waals surface area contributed by atoms with E-state index in [-0.39, 0.29) is 0 Å². The second-order valence-corrected chi connectivity index (χ2v) is 4.95. The van der Waals surface area contributed by atoms with E-state index in [2.05, 4.69) is 11.4 Å². The number of hydrogen-bond acceptors (Lipinski definition) is 3. The molecule has 0 aliphatic rings. The fourth-order valence-corrected chi connectivity index (χ4v) is 2.17. The first-order valence-electron chi connectivity index (χ1n) is 6.72. The van der Waals surface area contributed by atoms with Gasteiger partial charge in [0.1, 0.15) is 11.5 Å². The summed E-state index contributed by atoms with van der Waals surface area (Å²) in [6, 6.07) is 13.7. The molecule has 0 aliphatic carbocycles. The highest BCUT2D eigenvalue weighted by molar-refractivity contribution is 6.33. The SMILES string of the molecule is N#CCCCCNCc1ccc(-c2ccccc2Cl)o1. The molecule has 3 nitrogen and oxygen atoms in total. The van der Waals surface area contributed by atoms with Crippen LogP contribution in [0.4, 0.5) is 0 Å². The first kappa shape index (κ1) is 14.6. The molecule has 0 spiro atoms. The molecule has 1 N–H and O–H groups in total. The number of unbranched alkanes of at least 4 members (excludes halogenated alkanes) is 2. The van der Waals surface area contributed by atoms with Crippen molar-refractivity contribution in [2.45, 2.75) is 25.8 Å². The van der Waals surface area contributed by atoms with Gasteiger partial charge >= 0.3 is 0 Å². The molecular formula is C16H17ClN2O. The molecule has 0 saturated heterocycles. The van der Waals surface area contributed by atoms with E-state index < -0.39 is 0 Å². The second-order valence-electron chi connectivity index (χ2n) is 4.54. The zero-order valence-corrected chi connectivity index (χ0v) is 12.0. The van der Waals surface area contributed by atoms with Gasteiger partial charge < -0.3 is 9.73 Å². The van der Waals surface area contributed by atoms with Crippen LogP contribution in [0.3, 0.4) is 0 Å². The monoisotopic (exact) mass is 288 g/mol. The first-order valence-corrected chi connectivity index (χ1v) is 7.10. The van der Waals surface area contributed by atoms with Gasteiger partial charge in [-0.1, -0.05) is 23.7 Å². The van der Waals surface area contributed by atoms with Gasteiger partial charge in [0.2, 0.25) is 0 Å². The summed E-state index contributed by atoms with van der Waals surface area (Å²) in [6.45, 7) is 1.58. The number of rotatable bonds is 7. The van der Waals surface area contributed by atoms with Gasteiger partial charge in [0.05, 0.1) is 17.6 Å². The van der Waals surface area contributed by atoms with Crippen molar-refractivity contribution < 1.29 is 4.42 Å². The molecule has 1 aromatic heterocycles. The standard InChI is InChI=1S/C16H17ClN2O/c17-15-7-3-2-6-14(15)16-9-8-13(20-16)12-19-11-5-1-4-10-18/h2-3,6-9,19H,1,4-5,11-12H2. The van der Waals surface area contributed by atoms with Crippen molar-refractivity contribution in [2.24, 2.45) is 0 Å². The molecule has 20 heavy (non-hydrogen) atoms. The van der Waals surface area contributed by atoms with E-state index in [9.17, 15) is 0 Å². The number of hydrogen-bond donors (Lipinski definition) is 1. The molecule has 2 rings (SSSR count). The second kappa shape index (κ2) is 7.74. The number of furan rings is 1. The van der Waals surface area contributed by atoms with Crippen LogP contribution < -0.4 is 5.32 Å². The van der Waals surface area contributed by atoms with Crippen molar-refractivity contribution in [1.29, 1.82) is 5.26 Å². The summed E-state index contributed by atoms with van der Waals surface area (Å²) in [7, 11) is 0. The van der Waals surface area contributed by atoms with E-state index in [1.807, 2.05) is 36.4 Å². The Balaban J connectivity index is 1.84. The van der Waals surface area contributed by atoms with Crippen LogP contribution >= 0.6 is 11.6 Å². The van der Waals surface area contributed by atoms with Crippen LogP contribution in [0.5, 0.6) is 0 Å². The summed E-state index contributed by atoms with van der Waals surface area (Å²) in [5, 5.41) is 12.4. The fourth-order valence-electron chi connectivity index (χ4n) is 1.94. The Kier molecular flexibility index (Phi) is 5.67. The molecular weight excluding hydrogens is 272 g/mol. The van der Waals surface area contributed by atoms with Crippen LogP contribution in [0.25, 0.3) is 11.3 Å². The Morgan fingerprint density at radius 3 is 2.80 bits per heavy atom. The zero-order valence-electron chi connectivity index (χ0n) is 11.2. The van der Waals surface area contributed by atoms with Crippen LogP contribution in [0, 0.1) is 11.3 Å². The van der Waals surface area contributed by atoms with E-state index >= 15 is 0 Å². The summed E-state index contributed by atoms with van der Waals surface area (Å²) in [5.41, 5.74) is 0.912. The number of nitrogens with one attached hydrogen (secondary N) is 1. The molecule has 4 heteroatoms. The lowest BCUT2D eigenvalue weighted by Gasteiger charge is -2.02. The molecule has 104 valence electrons. The number of halogens is 1. The molecule has 0 unspecified atom stereocenters. The van der Waals surface area contributed by atoms with Crippen molar-refractivity contribution >= 4 is 11.6 Å². The van der Waals surface area contributed by atoms with Gasteiger partial charge in [-0.05, 0) is 43.7 Å². The molecule has 1 aromatic carbocycles. The molecule has 2 aromatic rings. The minimum Gasteiger partial charge on any atom is -0.460 e. The van der Waals surface area contributed by atoms with E-state index in [0.29, 0.717) is 18.0 Å². The Morgan fingerprint density at radius 1 is 1.15 bits per heavy atom. The minimum atomic E-state index is 0.624. The Hall–Kier alpha value is -1.76. The highest BCUT2D eigenvalue weighted by Crippen LogP contribution is 2.28. The highest BCUT2D eigenvalue weighted by Gasteiger charge is 2.07. The van der Waals surface area contributed by atoms with Crippen molar-refractivity contribution in [1.82, 2.24) is 5.32 Å². The molecule has 0 atom stereocenters. The lowest BCUT2D eigenvalue weighted by atomic mass is 10.2. The van der Waals surface area contributed by atoms with Crippen molar-refractivity contribution in [3.05, 3.63) is 47.2 Å². The van der Waals surface area contributed by atoms with E-state index in [1.165, 1.54) is 0 Å². The van der Waals surface area contributed by atoms with E-state index in [0.717, 1.165) is 36.5 Å². The number of benzene rings is 1. The number of nitriles is 1. The molecule has 0 fully saturated rings. The summed E-state index contributed by atoms with van der Waals surface area (Å²) in [6.07, 6.45) is 2.57. The highest BCUT2D eigenvalue weighted by atomic mass is 35.5. The third-order valence-corrected chi connectivity index (χ3v) is 3.32. The topological polar surface area (TPSA) is 49.0 Å². The molecule has 0 saturated carbocycles. The molecule has 0 radical (unpaired) electrons. The maximum atomic E-state index is 8.44. The van der Waals surface area contributed by atoms with Crippen molar-refractivity contribution in [3.63, 3.8) is 0 Å². The van der Waals surface area contributed by atoms with Gasteiger partial charge in [-0.2, -0.15) is 5.26 Å². The van der Waals surface area contributed by atoms with Gasteiger partial charge in [-0.25, -0.2) is 0 Å². The first-order chi connectivity index (χ1) is 9.81. The van der Waals surface area contributed by atoms with Crippen LogP contribution in [-0.4, -0.2) is 6.54 Å². The van der Waals surface area contributed by atoms with Gasteiger partial charge in [0.25, 0.3) is 0 Å². The van der Waals surface area contributed by atoms with Gasteiger partial charge in [-0.15, -0.1) is 0 Å². The number of nitrogens with zero attached hydrogens (tertiary/aromatic N) is 1. The summed E-state index contributed by atoms with van der Waals surface area (Å²) in [5.74, 6) is 1.68. The molecule has 0 amide bonds. The van der Waals surface area contributed by atoms with Crippen LogP contribution in [0.15, 0.2) is 40.8 Å². The smallest absolute Gasteiger partial charge is 0.135 e. The van der Waals surface area contributed by atoms with Gasteiger partial charge in [-0.3, -0.25) is 0 Å². The minimum absolute atomic E-state index is 0.624. The average Bonchev–Trinajstić information content (AvgIpc) is 2.92. The maximum Gasteiger partial charge on any atom is 0.135 e. The quantitative estimate of drug-likeness (QED) is 0.769. The van der Waals surface area contributed by atoms with E-state index in [1.54, 1.807) is 0 Å². The summed E-state index contributed by atoms with van der Waals surface area (Å²) < 4.78 is 5.78. The van der Waals surface area contributed by atoms with E-state index in [4.69, 9.17) is 21.3 Å². The summed E-state index contributed by atoms with van der Waals surface area (Å²) >= 11 is 6.14. The Morgan fingerprint density at radius 2 is 2.00 bits per heavy atom.